The molecule has 8 heteroatoms. The van der Waals surface area contributed by atoms with Gasteiger partial charge in [0.1, 0.15) is 23.6 Å². The molecule has 4 rings (SSSR count). The van der Waals surface area contributed by atoms with Crippen molar-refractivity contribution in [1.82, 2.24) is 20.7 Å². The van der Waals surface area contributed by atoms with E-state index in [1.165, 1.54) is 12.4 Å². The van der Waals surface area contributed by atoms with Gasteiger partial charge in [-0.05, 0) is 35.9 Å². The number of para-hydroxylation sites is 1. The van der Waals surface area contributed by atoms with Gasteiger partial charge in [-0.2, -0.15) is 0 Å². The van der Waals surface area contributed by atoms with Gasteiger partial charge in [0.2, 0.25) is 5.91 Å². The molecule has 0 saturated carbocycles. The summed E-state index contributed by atoms with van der Waals surface area (Å²) in [5, 5.41) is 4.63. The van der Waals surface area contributed by atoms with Gasteiger partial charge < -0.3 is 15.8 Å². The molecule has 1 aliphatic heterocycles. The highest BCUT2D eigenvalue weighted by atomic mass is 16.5. The predicted molar refractivity (Wildman–Crippen MR) is 115 cm³/mol. The van der Waals surface area contributed by atoms with E-state index in [1.54, 1.807) is 0 Å². The number of nitrogens with zero attached hydrogens (tertiary/aromatic N) is 3. The van der Waals surface area contributed by atoms with E-state index in [4.69, 9.17) is 10.5 Å². The Balaban J connectivity index is 1.52. The van der Waals surface area contributed by atoms with Crippen molar-refractivity contribution in [2.45, 2.75) is 6.04 Å². The van der Waals surface area contributed by atoms with Crippen LogP contribution in [0, 0.1) is 0 Å². The summed E-state index contributed by atoms with van der Waals surface area (Å²) >= 11 is 0. The highest BCUT2D eigenvalue weighted by Crippen LogP contribution is 2.38. The number of nitrogens with two attached hydrogens (primary N) is 1. The van der Waals surface area contributed by atoms with Crippen LogP contribution in [0.2, 0.25) is 0 Å². The molecule has 1 atom stereocenters. The van der Waals surface area contributed by atoms with E-state index < -0.39 is 0 Å². The second-order valence-electron chi connectivity index (χ2n) is 6.69. The Labute approximate surface area is 174 Å². The maximum Gasteiger partial charge on any atom is 0.243 e. The van der Waals surface area contributed by atoms with Crippen LogP contribution in [0.15, 0.2) is 73.6 Å². The summed E-state index contributed by atoms with van der Waals surface area (Å²) in [6, 6.07) is 17.2. The van der Waals surface area contributed by atoms with Crippen LogP contribution in [-0.4, -0.2) is 29.0 Å². The van der Waals surface area contributed by atoms with Gasteiger partial charge in [0.05, 0.1) is 18.2 Å². The number of hydrogen-bond acceptors (Lipinski definition) is 7. The predicted octanol–water partition coefficient (Wildman–Crippen LogP) is 2.57. The highest BCUT2D eigenvalue weighted by Gasteiger charge is 2.33. The number of nitrogen functional groups attached to an aromatic ring is 1. The summed E-state index contributed by atoms with van der Waals surface area (Å²) in [5.74, 6) is 2.41. The van der Waals surface area contributed by atoms with Crippen molar-refractivity contribution < 1.29 is 9.53 Å². The van der Waals surface area contributed by atoms with E-state index in [-0.39, 0.29) is 11.9 Å². The Bertz CT molecular complexity index is 1040. The SMILES string of the molecule is C=CC(=O)NCCN1NC(c2ccc(Oc3ccccc3)cc2)c2c(N)ncnc21. The lowest BCUT2D eigenvalue weighted by Crippen LogP contribution is -2.41. The first-order chi connectivity index (χ1) is 14.7. The second kappa shape index (κ2) is 8.62. The van der Waals surface area contributed by atoms with Crippen molar-refractivity contribution in [2.75, 3.05) is 23.8 Å². The molecule has 1 amide bonds. The minimum Gasteiger partial charge on any atom is -0.457 e. The Kier molecular flexibility index (Phi) is 5.58. The van der Waals surface area contributed by atoms with Crippen LogP contribution >= 0.6 is 0 Å². The van der Waals surface area contributed by atoms with Gasteiger partial charge in [0.25, 0.3) is 0 Å². The largest absolute Gasteiger partial charge is 0.457 e. The van der Waals surface area contributed by atoms with Gasteiger partial charge in [0.15, 0.2) is 5.82 Å². The molecule has 4 N–H and O–H groups in total. The summed E-state index contributed by atoms with van der Waals surface area (Å²) in [6.07, 6.45) is 2.68. The first kappa shape index (κ1) is 19.4. The lowest BCUT2D eigenvalue weighted by molar-refractivity contribution is -0.116. The average molecular weight is 402 g/mol. The van der Waals surface area contributed by atoms with E-state index in [0.717, 1.165) is 22.6 Å². The van der Waals surface area contributed by atoms with Crippen molar-refractivity contribution in [3.8, 4) is 11.5 Å². The molecule has 0 saturated heterocycles. The van der Waals surface area contributed by atoms with E-state index in [1.807, 2.05) is 59.6 Å². The number of benzene rings is 2. The van der Waals surface area contributed by atoms with E-state index in [0.29, 0.717) is 24.7 Å². The first-order valence-electron chi connectivity index (χ1n) is 9.53. The Morgan fingerprint density at radius 3 is 2.63 bits per heavy atom. The third-order valence-corrected chi connectivity index (χ3v) is 4.74. The van der Waals surface area contributed by atoms with Crippen LogP contribution in [0.25, 0.3) is 0 Å². The first-order valence-corrected chi connectivity index (χ1v) is 9.53. The maximum atomic E-state index is 11.4. The molecule has 1 unspecified atom stereocenters. The molecule has 3 aromatic rings. The van der Waals surface area contributed by atoms with Crippen LogP contribution in [0.1, 0.15) is 17.2 Å². The smallest absolute Gasteiger partial charge is 0.243 e. The second-order valence-corrected chi connectivity index (χ2v) is 6.69. The van der Waals surface area contributed by atoms with Crippen LogP contribution in [0.3, 0.4) is 0 Å². The third kappa shape index (κ3) is 4.08. The van der Waals surface area contributed by atoms with Crippen LogP contribution in [-0.2, 0) is 4.79 Å². The minimum absolute atomic E-state index is 0.206. The van der Waals surface area contributed by atoms with Gasteiger partial charge in [-0.3, -0.25) is 9.80 Å². The molecule has 2 aromatic carbocycles. The fraction of sp³-hybridized carbons (Fsp3) is 0.136. The number of nitrogens with one attached hydrogen (secondary N) is 2. The van der Waals surface area contributed by atoms with Gasteiger partial charge in [-0.25, -0.2) is 15.4 Å². The molecule has 8 nitrogen and oxygen atoms in total. The molecule has 0 aliphatic carbocycles. The zero-order valence-corrected chi connectivity index (χ0v) is 16.3. The molecular formula is C22H22N6O2. The number of fused-ring (bicyclic) bond motifs is 1. The number of hydrogen-bond donors (Lipinski definition) is 3. The Hall–Kier alpha value is -3.91. The fourth-order valence-electron chi connectivity index (χ4n) is 3.30. The summed E-state index contributed by atoms with van der Waals surface area (Å²) in [7, 11) is 0. The highest BCUT2D eigenvalue weighted by molar-refractivity contribution is 5.86. The van der Waals surface area contributed by atoms with E-state index >= 15 is 0 Å². The number of rotatable bonds is 7. The van der Waals surface area contributed by atoms with Gasteiger partial charge in [-0.15, -0.1) is 0 Å². The molecule has 30 heavy (non-hydrogen) atoms. The van der Waals surface area contributed by atoms with Gasteiger partial charge >= 0.3 is 0 Å². The summed E-state index contributed by atoms with van der Waals surface area (Å²) < 4.78 is 5.87. The van der Waals surface area contributed by atoms with Crippen molar-refractivity contribution in [2.24, 2.45) is 0 Å². The Morgan fingerprint density at radius 2 is 1.90 bits per heavy atom. The molecule has 1 aromatic heterocycles. The summed E-state index contributed by atoms with van der Waals surface area (Å²) in [5.41, 5.74) is 11.4. The van der Waals surface area contributed by atoms with Gasteiger partial charge in [0, 0.05) is 6.54 Å². The number of ether oxygens (including phenoxy) is 1. The minimum atomic E-state index is -0.220. The molecule has 0 fully saturated rings. The average Bonchev–Trinajstić information content (AvgIpc) is 3.15. The standard InChI is InChI=1S/C22H22N6O2/c1-2-18(29)24-12-13-28-22-19(21(23)25-14-26-22)20(27-28)15-8-10-17(11-9-15)30-16-6-4-3-5-7-16/h2-11,14,20,27H,1,12-13H2,(H,24,29)(H2,23,25,26). The van der Waals surface area contributed by atoms with Gasteiger partial charge in [-0.1, -0.05) is 36.9 Å². The number of anilines is 2. The normalized spacial score (nSPS) is 14.8. The molecule has 0 spiro atoms. The zero-order valence-electron chi connectivity index (χ0n) is 16.3. The molecule has 0 bridgehead atoms. The number of carbonyl (C=O) groups is 1. The molecule has 2 heterocycles. The van der Waals surface area contributed by atoms with Crippen LogP contribution < -0.4 is 26.2 Å². The van der Waals surface area contributed by atoms with Crippen molar-refractivity contribution in [3.63, 3.8) is 0 Å². The molecule has 1 aliphatic rings. The van der Waals surface area contributed by atoms with Crippen LogP contribution in [0.5, 0.6) is 11.5 Å². The lowest BCUT2D eigenvalue weighted by Gasteiger charge is -2.20. The van der Waals surface area contributed by atoms with Crippen molar-refractivity contribution >= 4 is 17.5 Å². The molecule has 152 valence electrons. The maximum absolute atomic E-state index is 11.4. The Morgan fingerprint density at radius 1 is 1.17 bits per heavy atom. The fourth-order valence-corrected chi connectivity index (χ4v) is 3.30. The zero-order chi connectivity index (χ0) is 20.9. The summed E-state index contributed by atoms with van der Waals surface area (Å²) in [4.78, 5) is 19.9. The quantitative estimate of drug-likeness (QED) is 0.522. The number of carbonyl (C=O) groups excluding carboxylic acids is 1. The monoisotopic (exact) mass is 402 g/mol. The number of hydrazine groups is 1. The van der Waals surface area contributed by atoms with E-state index in [2.05, 4.69) is 27.3 Å². The number of aromatic nitrogens is 2. The summed E-state index contributed by atoms with van der Waals surface area (Å²) in [6.45, 7) is 4.39. The molecule has 0 radical (unpaired) electrons. The van der Waals surface area contributed by atoms with Crippen LogP contribution in [0.4, 0.5) is 11.6 Å². The van der Waals surface area contributed by atoms with E-state index in [9.17, 15) is 4.79 Å². The van der Waals surface area contributed by atoms with Crippen molar-refractivity contribution in [1.29, 1.82) is 0 Å². The molecular weight excluding hydrogens is 380 g/mol. The third-order valence-electron chi connectivity index (χ3n) is 4.74. The van der Waals surface area contributed by atoms with Crippen molar-refractivity contribution in [3.05, 3.63) is 84.7 Å². The lowest BCUT2D eigenvalue weighted by atomic mass is 10.0. The topological polar surface area (TPSA) is 105 Å². The number of amides is 1.